The van der Waals surface area contributed by atoms with Crippen LogP contribution in [0.2, 0.25) is 0 Å². The van der Waals surface area contributed by atoms with Crippen molar-refractivity contribution in [3.63, 3.8) is 0 Å². The fraction of sp³-hybridized carbons (Fsp3) is 0.409. The maximum Gasteiger partial charge on any atom is 0.416 e. The first kappa shape index (κ1) is 22.1. The lowest BCUT2D eigenvalue weighted by molar-refractivity contribution is -1.01. The number of hydrogen-bond donors (Lipinski definition) is 3. The molecule has 31 heavy (non-hydrogen) atoms. The van der Waals surface area contributed by atoms with Gasteiger partial charge in [0.05, 0.1) is 36.5 Å². The Balaban J connectivity index is 1.54. The molecule has 0 atom stereocenters. The molecule has 166 valence electrons. The molecular weight excluding hydrogens is 427 g/mol. The highest BCUT2D eigenvalue weighted by Crippen LogP contribution is 2.49. The molecule has 0 spiro atoms. The van der Waals surface area contributed by atoms with Gasteiger partial charge in [0.2, 0.25) is 5.91 Å². The molecule has 5 nitrogen and oxygen atoms in total. The maximum atomic E-state index is 13.3. The predicted molar refractivity (Wildman–Crippen MR) is 112 cm³/mol. The molecule has 3 N–H and O–H groups in total. The molecule has 0 bridgehead atoms. The number of benzene rings is 2. The van der Waals surface area contributed by atoms with Gasteiger partial charge in [0.25, 0.3) is 0 Å². The van der Waals surface area contributed by atoms with Crippen LogP contribution >= 0.6 is 11.8 Å². The molecule has 2 aromatic rings. The van der Waals surface area contributed by atoms with E-state index in [1.54, 1.807) is 12.1 Å². The van der Waals surface area contributed by atoms with Crippen LogP contribution in [0.3, 0.4) is 0 Å². The summed E-state index contributed by atoms with van der Waals surface area (Å²) < 4.78 is 40.0. The number of aliphatic hydroxyl groups is 1. The van der Waals surface area contributed by atoms with E-state index in [1.165, 1.54) is 32.5 Å². The van der Waals surface area contributed by atoms with E-state index in [4.69, 9.17) is 5.11 Å². The third-order valence-corrected chi connectivity index (χ3v) is 7.05. The van der Waals surface area contributed by atoms with E-state index in [0.717, 1.165) is 49.8 Å². The summed E-state index contributed by atoms with van der Waals surface area (Å²) in [6.45, 7) is 5.30. The lowest BCUT2D eigenvalue weighted by atomic mass is 10.1. The lowest BCUT2D eigenvalue weighted by Gasteiger charge is -2.33. The number of nitrogens with one attached hydrogen (secondary N) is 2. The van der Waals surface area contributed by atoms with E-state index >= 15 is 0 Å². The van der Waals surface area contributed by atoms with E-state index < -0.39 is 11.7 Å². The summed E-state index contributed by atoms with van der Waals surface area (Å²) in [6.07, 6.45) is -4.20. The standard InChI is InChI=1S/C22H24F3N3O2S/c23-22(24,25)16-5-6-20-18(15-16)28(17-3-1-2-4-19(17)31-20)21(30)7-8-26-9-11-27(12-10-26)13-14-29/h1-6,15,29H,7-14H2/p+2. The van der Waals surface area contributed by atoms with Crippen LogP contribution in [-0.2, 0) is 11.0 Å². The smallest absolute Gasteiger partial charge is 0.391 e. The van der Waals surface area contributed by atoms with Crippen molar-refractivity contribution in [3.05, 3.63) is 48.0 Å². The normalized spacial score (nSPS) is 20.8. The molecule has 4 rings (SSSR count). The van der Waals surface area contributed by atoms with Crippen LogP contribution in [0, 0.1) is 0 Å². The van der Waals surface area contributed by atoms with Crippen LogP contribution in [0.1, 0.15) is 12.0 Å². The van der Waals surface area contributed by atoms with Crippen molar-refractivity contribution in [2.75, 3.05) is 50.8 Å². The van der Waals surface area contributed by atoms with Crippen LogP contribution < -0.4 is 14.7 Å². The minimum Gasteiger partial charge on any atom is -0.391 e. The number of quaternary nitrogens is 2. The molecule has 2 aliphatic heterocycles. The number of piperazine rings is 1. The van der Waals surface area contributed by atoms with E-state index in [9.17, 15) is 18.0 Å². The molecule has 2 aromatic carbocycles. The summed E-state index contributed by atoms with van der Waals surface area (Å²) in [5.74, 6) is -0.189. The van der Waals surface area contributed by atoms with Crippen molar-refractivity contribution in [1.29, 1.82) is 0 Å². The summed E-state index contributed by atoms with van der Waals surface area (Å²) in [5.41, 5.74) is 0.185. The Hall–Kier alpha value is -2.07. The van der Waals surface area contributed by atoms with Gasteiger partial charge in [0.1, 0.15) is 32.7 Å². The lowest BCUT2D eigenvalue weighted by Crippen LogP contribution is -3.28. The highest BCUT2D eigenvalue weighted by atomic mass is 32.2. The molecule has 2 aliphatic rings. The third kappa shape index (κ3) is 4.90. The predicted octanol–water partition coefficient (Wildman–Crippen LogP) is 1.00. The minimum atomic E-state index is -4.47. The molecule has 0 saturated carbocycles. The maximum absolute atomic E-state index is 13.3. The second-order valence-corrected chi connectivity index (χ2v) is 9.04. The van der Waals surface area contributed by atoms with Crippen LogP contribution in [0.4, 0.5) is 24.5 Å². The Kier molecular flexibility index (Phi) is 6.57. The topological polar surface area (TPSA) is 49.4 Å². The number of aliphatic hydroxyl groups excluding tert-OH is 1. The molecule has 9 heteroatoms. The van der Waals surface area contributed by atoms with E-state index in [0.29, 0.717) is 22.8 Å². The first-order chi connectivity index (χ1) is 14.9. The van der Waals surface area contributed by atoms with E-state index in [2.05, 4.69) is 0 Å². The zero-order valence-electron chi connectivity index (χ0n) is 17.0. The average molecular weight is 454 g/mol. The van der Waals surface area contributed by atoms with Crippen LogP contribution in [0.15, 0.2) is 52.3 Å². The second kappa shape index (κ2) is 9.20. The van der Waals surface area contributed by atoms with Crippen molar-refractivity contribution in [2.24, 2.45) is 0 Å². The van der Waals surface area contributed by atoms with E-state index in [-0.39, 0.29) is 18.9 Å². The Morgan fingerprint density at radius 1 is 0.968 bits per heavy atom. The molecule has 0 aromatic heterocycles. The molecule has 0 radical (unpaired) electrons. The fourth-order valence-electron chi connectivity index (χ4n) is 4.21. The zero-order chi connectivity index (χ0) is 22.0. The Morgan fingerprint density at radius 3 is 2.29 bits per heavy atom. The van der Waals surface area contributed by atoms with Crippen molar-refractivity contribution >= 4 is 29.0 Å². The van der Waals surface area contributed by atoms with Gasteiger partial charge in [0, 0.05) is 9.79 Å². The minimum absolute atomic E-state index is 0.175. The average Bonchev–Trinajstić information content (AvgIpc) is 2.76. The first-order valence-corrected chi connectivity index (χ1v) is 11.3. The van der Waals surface area contributed by atoms with Gasteiger partial charge in [-0.2, -0.15) is 13.2 Å². The van der Waals surface area contributed by atoms with Gasteiger partial charge in [-0.25, -0.2) is 0 Å². The van der Waals surface area contributed by atoms with Crippen LogP contribution in [0.5, 0.6) is 0 Å². The highest BCUT2D eigenvalue weighted by Gasteiger charge is 2.35. The zero-order valence-corrected chi connectivity index (χ0v) is 17.9. The van der Waals surface area contributed by atoms with E-state index in [1.807, 2.05) is 12.1 Å². The third-order valence-electron chi connectivity index (χ3n) is 5.92. The number of rotatable bonds is 5. The molecule has 0 aliphatic carbocycles. The monoisotopic (exact) mass is 453 g/mol. The second-order valence-electron chi connectivity index (χ2n) is 7.95. The van der Waals surface area contributed by atoms with Gasteiger partial charge < -0.3 is 14.9 Å². The van der Waals surface area contributed by atoms with Gasteiger partial charge in [-0.1, -0.05) is 23.9 Å². The number of nitrogens with zero attached hydrogens (tertiary/aromatic N) is 1. The molecule has 1 amide bonds. The number of alkyl halides is 3. The summed E-state index contributed by atoms with van der Waals surface area (Å²) in [7, 11) is 0. The number of anilines is 2. The summed E-state index contributed by atoms with van der Waals surface area (Å²) in [4.78, 5) is 18.9. The molecule has 1 saturated heterocycles. The van der Waals surface area contributed by atoms with Crippen molar-refractivity contribution < 1.29 is 32.9 Å². The number of hydrogen-bond acceptors (Lipinski definition) is 3. The van der Waals surface area contributed by atoms with Gasteiger partial charge in [-0.05, 0) is 30.3 Å². The highest BCUT2D eigenvalue weighted by molar-refractivity contribution is 7.99. The van der Waals surface area contributed by atoms with Crippen molar-refractivity contribution in [1.82, 2.24) is 0 Å². The summed E-state index contributed by atoms with van der Waals surface area (Å²) >= 11 is 1.38. The molecular formula is C22H26F3N3O2S+2. The SMILES string of the molecule is O=C(CC[NH+]1CC[NH+](CCO)CC1)N1c2ccccc2Sc2ccc(C(F)(F)F)cc21. The fourth-order valence-corrected chi connectivity index (χ4v) is 5.25. The quantitative estimate of drug-likeness (QED) is 0.633. The Labute approximate surface area is 183 Å². The van der Waals surface area contributed by atoms with Gasteiger partial charge in [-0.3, -0.25) is 9.69 Å². The summed E-state index contributed by atoms with van der Waals surface area (Å²) in [6, 6.07) is 10.9. The number of fused-ring (bicyclic) bond motifs is 2. The largest absolute Gasteiger partial charge is 0.416 e. The van der Waals surface area contributed by atoms with Crippen molar-refractivity contribution in [3.8, 4) is 0 Å². The summed E-state index contributed by atoms with van der Waals surface area (Å²) in [5, 5.41) is 9.08. The van der Waals surface area contributed by atoms with Gasteiger partial charge >= 0.3 is 6.18 Å². The number of carbonyl (C=O) groups excluding carboxylic acids is 1. The Morgan fingerprint density at radius 2 is 1.61 bits per heavy atom. The first-order valence-electron chi connectivity index (χ1n) is 10.5. The molecule has 1 fully saturated rings. The Bertz CT molecular complexity index is 946. The van der Waals surface area contributed by atoms with Crippen LogP contribution in [0.25, 0.3) is 0 Å². The van der Waals surface area contributed by atoms with Crippen molar-refractivity contribution in [2.45, 2.75) is 22.4 Å². The molecule has 2 heterocycles. The number of para-hydroxylation sites is 1. The van der Waals surface area contributed by atoms with Gasteiger partial charge in [-0.15, -0.1) is 0 Å². The number of carbonyl (C=O) groups is 1. The number of halogens is 3. The number of amides is 1. The van der Waals surface area contributed by atoms with Crippen LogP contribution in [-0.4, -0.2) is 56.9 Å². The molecule has 0 unspecified atom stereocenters. The van der Waals surface area contributed by atoms with Gasteiger partial charge in [0.15, 0.2) is 0 Å².